The van der Waals surface area contributed by atoms with Gasteiger partial charge in [0.05, 0.1) is 25.2 Å². The van der Waals surface area contributed by atoms with Gasteiger partial charge in [-0.2, -0.15) is 16.8 Å². The molecule has 0 aliphatic rings. The van der Waals surface area contributed by atoms with E-state index in [4.69, 9.17) is 4.18 Å². The molecule has 0 heterocycles. The molecule has 1 atom stereocenters. The van der Waals surface area contributed by atoms with Crippen LogP contribution >= 0.6 is 0 Å². The third-order valence-electron chi connectivity index (χ3n) is 2.16. The predicted molar refractivity (Wildman–Crippen MR) is 69.2 cm³/mol. The summed E-state index contributed by atoms with van der Waals surface area (Å²) in [6, 6.07) is 0. The Labute approximate surface area is 110 Å². The SMILES string of the molecule is CC(C)(C)[C@@H](CCCOS(C)(=O)=O)OS(C)(=O)=O. The molecular weight excluding hydrogens is 280 g/mol. The molecule has 0 aliphatic carbocycles. The van der Waals surface area contributed by atoms with Gasteiger partial charge in [-0.05, 0) is 18.3 Å². The third-order valence-corrected chi connectivity index (χ3v) is 3.34. The molecule has 0 saturated carbocycles. The van der Waals surface area contributed by atoms with Gasteiger partial charge in [0.15, 0.2) is 0 Å². The fraction of sp³-hybridized carbons (Fsp3) is 1.00. The first-order chi connectivity index (χ1) is 7.81. The second-order valence-corrected chi connectivity index (χ2v) is 8.57. The quantitative estimate of drug-likeness (QED) is 0.517. The molecule has 0 rings (SSSR count). The number of hydrogen-bond donors (Lipinski definition) is 0. The summed E-state index contributed by atoms with van der Waals surface area (Å²) in [7, 11) is -6.98. The molecule has 0 fully saturated rings. The van der Waals surface area contributed by atoms with Crippen LogP contribution in [0.25, 0.3) is 0 Å². The normalized spacial score (nSPS) is 15.6. The monoisotopic (exact) mass is 302 g/mol. The van der Waals surface area contributed by atoms with Crippen LogP contribution in [0.2, 0.25) is 0 Å². The molecule has 0 aromatic heterocycles. The Hall–Kier alpha value is -0.180. The minimum absolute atomic E-state index is 0.0263. The molecule has 0 N–H and O–H groups in total. The summed E-state index contributed by atoms with van der Waals surface area (Å²) in [5.74, 6) is 0. The summed E-state index contributed by atoms with van der Waals surface area (Å²) in [6.45, 7) is 5.61. The van der Waals surface area contributed by atoms with Crippen molar-refractivity contribution in [1.29, 1.82) is 0 Å². The van der Waals surface area contributed by atoms with Crippen LogP contribution in [0.5, 0.6) is 0 Å². The molecular formula is C10H22O6S2. The van der Waals surface area contributed by atoms with Gasteiger partial charge in [-0.15, -0.1) is 0 Å². The fourth-order valence-corrected chi connectivity index (χ4v) is 2.54. The van der Waals surface area contributed by atoms with E-state index in [0.29, 0.717) is 12.8 Å². The van der Waals surface area contributed by atoms with E-state index in [9.17, 15) is 16.8 Å². The highest BCUT2D eigenvalue weighted by atomic mass is 32.2. The molecule has 0 amide bonds. The molecule has 0 bridgehead atoms. The lowest BCUT2D eigenvalue weighted by molar-refractivity contribution is 0.0803. The van der Waals surface area contributed by atoms with Crippen LogP contribution in [0.3, 0.4) is 0 Å². The zero-order valence-electron chi connectivity index (χ0n) is 11.5. The average molecular weight is 302 g/mol. The summed E-state index contributed by atoms with van der Waals surface area (Å²) >= 11 is 0. The van der Waals surface area contributed by atoms with Gasteiger partial charge in [-0.1, -0.05) is 20.8 Å². The number of hydrogen-bond acceptors (Lipinski definition) is 6. The zero-order valence-corrected chi connectivity index (χ0v) is 13.1. The van der Waals surface area contributed by atoms with Gasteiger partial charge >= 0.3 is 0 Å². The smallest absolute Gasteiger partial charge is 0.264 e. The molecule has 0 saturated heterocycles. The Bertz CT molecular complexity index is 443. The van der Waals surface area contributed by atoms with Crippen molar-refractivity contribution >= 4 is 20.2 Å². The fourth-order valence-electron chi connectivity index (χ4n) is 1.32. The highest BCUT2D eigenvalue weighted by Gasteiger charge is 2.28. The molecule has 0 aliphatic heterocycles. The molecule has 8 heteroatoms. The van der Waals surface area contributed by atoms with Crippen molar-refractivity contribution in [3.05, 3.63) is 0 Å². The predicted octanol–water partition coefficient (Wildman–Crippen LogP) is 1.13. The van der Waals surface area contributed by atoms with Gasteiger partial charge in [0, 0.05) is 0 Å². The van der Waals surface area contributed by atoms with E-state index in [1.54, 1.807) is 0 Å². The van der Waals surface area contributed by atoms with Gasteiger partial charge < -0.3 is 0 Å². The van der Waals surface area contributed by atoms with E-state index >= 15 is 0 Å². The van der Waals surface area contributed by atoms with E-state index in [1.807, 2.05) is 20.8 Å². The van der Waals surface area contributed by atoms with Crippen molar-refractivity contribution in [2.75, 3.05) is 19.1 Å². The Morgan fingerprint density at radius 2 is 1.50 bits per heavy atom. The molecule has 0 aromatic rings. The van der Waals surface area contributed by atoms with Gasteiger partial charge in [0.1, 0.15) is 0 Å². The van der Waals surface area contributed by atoms with E-state index in [2.05, 4.69) is 4.18 Å². The zero-order chi connectivity index (χ0) is 14.6. The lowest BCUT2D eigenvalue weighted by Gasteiger charge is -2.29. The molecule has 0 aromatic carbocycles. The molecule has 0 spiro atoms. The van der Waals surface area contributed by atoms with Crippen LogP contribution in [-0.4, -0.2) is 42.1 Å². The van der Waals surface area contributed by atoms with E-state index in [-0.39, 0.29) is 12.0 Å². The van der Waals surface area contributed by atoms with Gasteiger partial charge in [0.2, 0.25) is 0 Å². The summed E-state index contributed by atoms with van der Waals surface area (Å²) in [5, 5.41) is 0. The Morgan fingerprint density at radius 1 is 1.00 bits per heavy atom. The van der Waals surface area contributed by atoms with Crippen molar-refractivity contribution in [2.45, 2.75) is 39.7 Å². The molecule has 6 nitrogen and oxygen atoms in total. The Balaban J connectivity index is 4.37. The maximum atomic E-state index is 11.1. The van der Waals surface area contributed by atoms with Crippen molar-refractivity contribution < 1.29 is 25.2 Å². The first kappa shape index (κ1) is 17.8. The maximum absolute atomic E-state index is 11.1. The summed E-state index contributed by atoms with van der Waals surface area (Å²) < 4.78 is 53.4. The summed E-state index contributed by atoms with van der Waals surface area (Å²) in [5.41, 5.74) is -0.353. The van der Waals surface area contributed by atoms with Gasteiger partial charge in [0.25, 0.3) is 20.2 Å². The third kappa shape index (κ3) is 9.81. The van der Waals surface area contributed by atoms with Crippen LogP contribution < -0.4 is 0 Å². The van der Waals surface area contributed by atoms with Crippen molar-refractivity contribution in [1.82, 2.24) is 0 Å². The van der Waals surface area contributed by atoms with E-state index in [0.717, 1.165) is 12.5 Å². The largest absolute Gasteiger partial charge is 0.270 e. The second kappa shape index (κ2) is 6.31. The lowest BCUT2D eigenvalue weighted by atomic mass is 9.87. The highest BCUT2D eigenvalue weighted by molar-refractivity contribution is 7.86. The highest BCUT2D eigenvalue weighted by Crippen LogP contribution is 2.27. The lowest BCUT2D eigenvalue weighted by Crippen LogP contribution is -2.31. The van der Waals surface area contributed by atoms with Crippen molar-refractivity contribution in [3.8, 4) is 0 Å². The number of rotatable bonds is 7. The second-order valence-electron chi connectivity index (χ2n) is 5.32. The summed E-state index contributed by atoms with van der Waals surface area (Å²) in [6.07, 6.45) is 2.28. The first-order valence-electron chi connectivity index (χ1n) is 5.54. The molecule has 0 radical (unpaired) electrons. The maximum Gasteiger partial charge on any atom is 0.264 e. The molecule has 18 heavy (non-hydrogen) atoms. The van der Waals surface area contributed by atoms with Crippen LogP contribution in [0, 0.1) is 5.41 Å². The van der Waals surface area contributed by atoms with Gasteiger partial charge in [-0.25, -0.2) is 0 Å². The standard InChI is InChI=1S/C10H22O6S2/c1-10(2,3)9(16-18(5,13)14)7-6-8-15-17(4,11)12/h9H,6-8H2,1-5H3/t9-/m1/s1. The average Bonchev–Trinajstić information content (AvgIpc) is 2.04. The topological polar surface area (TPSA) is 86.7 Å². The van der Waals surface area contributed by atoms with E-state index in [1.165, 1.54) is 0 Å². The van der Waals surface area contributed by atoms with Gasteiger partial charge in [-0.3, -0.25) is 8.37 Å². The minimum Gasteiger partial charge on any atom is -0.270 e. The van der Waals surface area contributed by atoms with Crippen molar-refractivity contribution in [3.63, 3.8) is 0 Å². The van der Waals surface area contributed by atoms with Crippen molar-refractivity contribution in [2.24, 2.45) is 5.41 Å². The Kier molecular flexibility index (Phi) is 6.25. The van der Waals surface area contributed by atoms with Crippen LogP contribution in [-0.2, 0) is 28.6 Å². The first-order valence-corrected chi connectivity index (χ1v) is 9.17. The molecule has 110 valence electrons. The van der Waals surface area contributed by atoms with Crippen LogP contribution in [0.4, 0.5) is 0 Å². The van der Waals surface area contributed by atoms with Crippen LogP contribution in [0.15, 0.2) is 0 Å². The van der Waals surface area contributed by atoms with E-state index < -0.39 is 26.3 Å². The molecule has 0 unspecified atom stereocenters. The summed E-state index contributed by atoms with van der Waals surface area (Å²) in [4.78, 5) is 0. The Morgan fingerprint density at radius 3 is 1.83 bits per heavy atom. The van der Waals surface area contributed by atoms with Crippen LogP contribution in [0.1, 0.15) is 33.6 Å². The minimum atomic E-state index is -3.53.